The van der Waals surface area contributed by atoms with Crippen molar-refractivity contribution in [2.45, 2.75) is 32.8 Å². The molecule has 3 unspecified atom stereocenters. The Labute approximate surface area is 205 Å². The molecule has 1 aliphatic heterocycles. The molecule has 0 aliphatic carbocycles. The average Bonchev–Trinajstić information content (AvgIpc) is 3.20. The lowest BCUT2D eigenvalue weighted by atomic mass is 9.72. The van der Waals surface area contributed by atoms with Gasteiger partial charge in [-0.1, -0.05) is 54.8 Å². The molecule has 2 aromatic rings. The van der Waals surface area contributed by atoms with Crippen molar-refractivity contribution in [2.75, 3.05) is 32.6 Å². The summed E-state index contributed by atoms with van der Waals surface area (Å²) >= 11 is 1.01. The van der Waals surface area contributed by atoms with Gasteiger partial charge in [0.05, 0.1) is 19.0 Å². The molecule has 3 atom stereocenters. The van der Waals surface area contributed by atoms with E-state index in [4.69, 9.17) is 9.47 Å². The van der Waals surface area contributed by atoms with E-state index in [1.54, 1.807) is 18.9 Å². The summed E-state index contributed by atoms with van der Waals surface area (Å²) in [6.45, 7) is 6.26. The minimum Gasteiger partial charge on any atom is -0.493 e. The Morgan fingerprint density at radius 1 is 1.24 bits per heavy atom. The summed E-state index contributed by atoms with van der Waals surface area (Å²) in [7, 11) is 1.58. The SMILES string of the molecule is COc1ccc(C2CN(C(=O)CSC(C)=O)CC2(C)C(C)O)cc1OCC#Cc1ccccc1. The van der Waals surface area contributed by atoms with Crippen LogP contribution in [0.25, 0.3) is 0 Å². The second kappa shape index (κ2) is 11.5. The van der Waals surface area contributed by atoms with Gasteiger partial charge in [-0.05, 0) is 36.8 Å². The van der Waals surface area contributed by atoms with E-state index >= 15 is 0 Å². The largest absolute Gasteiger partial charge is 0.493 e. The second-order valence-electron chi connectivity index (χ2n) is 8.66. The summed E-state index contributed by atoms with van der Waals surface area (Å²) in [5.41, 5.74) is 1.32. The van der Waals surface area contributed by atoms with E-state index in [1.165, 1.54) is 6.92 Å². The van der Waals surface area contributed by atoms with E-state index in [0.717, 1.165) is 22.9 Å². The van der Waals surface area contributed by atoms with Crippen molar-refractivity contribution in [3.63, 3.8) is 0 Å². The lowest BCUT2D eigenvalue weighted by Gasteiger charge is -2.33. The third-order valence-electron chi connectivity index (χ3n) is 6.33. The van der Waals surface area contributed by atoms with Crippen LogP contribution in [0, 0.1) is 17.3 Å². The number of carbonyl (C=O) groups excluding carboxylic acids is 2. The normalized spacial score (nSPS) is 20.3. The van der Waals surface area contributed by atoms with Crippen molar-refractivity contribution >= 4 is 22.8 Å². The third kappa shape index (κ3) is 6.13. The van der Waals surface area contributed by atoms with Crippen molar-refractivity contribution in [1.29, 1.82) is 0 Å². The molecule has 0 saturated carbocycles. The Balaban J connectivity index is 1.80. The number of thioether (sulfide) groups is 1. The Morgan fingerprint density at radius 3 is 2.62 bits per heavy atom. The zero-order chi connectivity index (χ0) is 24.7. The first-order valence-corrected chi connectivity index (χ1v) is 12.2. The highest BCUT2D eigenvalue weighted by Gasteiger charge is 2.48. The van der Waals surface area contributed by atoms with Crippen LogP contribution in [0.15, 0.2) is 48.5 Å². The van der Waals surface area contributed by atoms with Crippen molar-refractivity contribution in [1.82, 2.24) is 4.90 Å². The first-order chi connectivity index (χ1) is 16.2. The van der Waals surface area contributed by atoms with Crippen LogP contribution in [0.4, 0.5) is 0 Å². The molecule has 0 aromatic heterocycles. The molecular formula is C27H31NO5S. The predicted molar refractivity (Wildman–Crippen MR) is 134 cm³/mol. The fourth-order valence-electron chi connectivity index (χ4n) is 4.17. The molecule has 6 nitrogen and oxygen atoms in total. The summed E-state index contributed by atoms with van der Waals surface area (Å²) in [5, 5.41) is 10.6. The smallest absolute Gasteiger partial charge is 0.233 e. The Morgan fingerprint density at radius 2 is 1.97 bits per heavy atom. The Kier molecular flexibility index (Phi) is 8.65. The summed E-state index contributed by atoms with van der Waals surface area (Å²) < 4.78 is 11.4. The quantitative estimate of drug-likeness (QED) is 0.608. The van der Waals surface area contributed by atoms with Crippen LogP contribution >= 0.6 is 11.8 Å². The number of benzene rings is 2. The Bertz CT molecular complexity index is 1080. The number of likely N-dealkylation sites (tertiary alicyclic amines) is 1. The van der Waals surface area contributed by atoms with E-state index < -0.39 is 11.5 Å². The molecule has 1 heterocycles. The summed E-state index contributed by atoms with van der Waals surface area (Å²) in [6.07, 6.45) is -0.640. The molecule has 0 radical (unpaired) electrons. The number of hydrogen-bond acceptors (Lipinski definition) is 6. The van der Waals surface area contributed by atoms with Crippen molar-refractivity contribution in [3.05, 3.63) is 59.7 Å². The van der Waals surface area contributed by atoms with Gasteiger partial charge in [-0.3, -0.25) is 9.59 Å². The van der Waals surface area contributed by atoms with Gasteiger partial charge in [0.25, 0.3) is 0 Å². The van der Waals surface area contributed by atoms with Crippen LogP contribution in [0.5, 0.6) is 11.5 Å². The fraction of sp³-hybridized carbons (Fsp3) is 0.407. The van der Waals surface area contributed by atoms with Gasteiger partial charge in [-0.2, -0.15) is 0 Å². The number of nitrogens with zero attached hydrogens (tertiary/aromatic N) is 1. The van der Waals surface area contributed by atoms with Crippen molar-refractivity contribution in [2.24, 2.45) is 5.41 Å². The second-order valence-corrected chi connectivity index (χ2v) is 9.81. The zero-order valence-corrected chi connectivity index (χ0v) is 20.9. The summed E-state index contributed by atoms with van der Waals surface area (Å²) in [6, 6.07) is 15.4. The molecule has 1 amide bonds. The number of carbonyl (C=O) groups is 2. The topological polar surface area (TPSA) is 76.1 Å². The van der Waals surface area contributed by atoms with Crippen LogP contribution < -0.4 is 9.47 Å². The van der Waals surface area contributed by atoms with Gasteiger partial charge in [-0.15, -0.1) is 0 Å². The van der Waals surface area contributed by atoms with Gasteiger partial charge >= 0.3 is 0 Å². The lowest BCUT2D eigenvalue weighted by molar-refractivity contribution is -0.128. The zero-order valence-electron chi connectivity index (χ0n) is 20.0. The molecule has 0 spiro atoms. The van der Waals surface area contributed by atoms with Gasteiger partial charge in [0.15, 0.2) is 16.6 Å². The van der Waals surface area contributed by atoms with E-state index in [2.05, 4.69) is 11.8 Å². The molecule has 1 saturated heterocycles. The molecular weight excluding hydrogens is 450 g/mol. The summed E-state index contributed by atoms with van der Waals surface area (Å²) in [4.78, 5) is 25.7. The third-order valence-corrected chi connectivity index (χ3v) is 7.13. The van der Waals surface area contributed by atoms with E-state index in [-0.39, 0.29) is 29.3 Å². The predicted octanol–water partition coefficient (Wildman–Crippen LogP) is 3.72. The maximum Gasteiger partial charge on any atom is 0.233 e. The minimum absolute atomic E-state index is 0.0882. The van der Waals surface area contributed by atoms with Crippen LogP contribution in [0.3, 0.4) is 0 Å². The van der Waals surface area contributed by atoms with E-state index in [9.17, 15) is 14.7 Å². The monoisotopic (exact) mass is 481 g/mol. The van der Waals surface area contributed by atoms with Crippen LogP contribution in [-0.2, 0) is 9.59 Å². The molecule has 180 valence electrons. The van der Waals surface area contributed by atoms with Crippen LogP contribution in [-0.4, -0.2) is 59.7 Å². The molecule has 3 rings (SSSR count). The minimum atomic E-state index is -0.640. The van der Waals surface area contributed by atoms with Crippen LogP contribution in [0.2, 0.25) is 0 Å². The maximum absolute atomic E-state index is 12.7. The average molecular weight is 482 g/mol. The first kappa shape index (κ1) is 25.7. The van der Waals surface area contributed by atoms with Crippen molar-refractivity contribution < 1.29 is 24.2 Å². The highest BCUT2D eigenvalue weighted by atomic mass is 32.2. The highest BCUT2D eigenvalue weighted by molar-refractivity contribution is 8.14. The number of hydrogen-bond donors (Lipinski definition) is 1. The molecule has 1 N–H and O–H groups in total. The van der Waals surface area contributed by atoms with Crippen molar-refractivity contribution in [3.8, 4) is 23.3 Å². The number of aliphatic hydroxyl groups is 1. The fourth-order valence-corrected chi connectivity index (χ4v) is 4.67. The van der Waals surface area contributed by atoms with E-state index in [1.807, 2.05) is 55.5 Å². The van der Waals surface area contributed by atoms with Gasteiger partial charge in [0, 0.05) is 36.9 Å². The Hall–Kier alpha value is -2.95. The highest BCUT2D eigenvalue weighted by Crippen LogP contribution is 2.47. The lowest BCUT2D eigenvalue weighted by Crippen LogP contribution is -2.38. The van der Waals surface area contributed by atoms with Gasteiger partial charge in [0.1, 0.15) is 6.61 Å². The molecule has 0 bridgehead atoms. The molecule has 1 aliphatic rings. The maximum atomic E-state index is 12.7. The van der Waals surface area contributed by atoms with Gasteiger partial charge in [-0.25, -0.2) is 0 Å². The van der Waals surface area contributed by atoms with Crippen LogP contribution in [0.1, 0.15) is 37.8 Å². The first-order valence-electron chi connectivity index (χ1n) is 11.2. The molecule has 34 heavy (non-hydrogen) atoms. The number of methoxy groups -OCH3 is 1. The molecule has 1 fully saturated rings. The molecule has 2 aromatic carbocycles. The number of aliphatic hydroxyl groups excluding tert-OH is 1. The number of ether oxygens (including phenoxy) is 2. The van der Waals surface area contributed by atoms with E-state index in [0.29, 0.717) is 24.6 Å². The number of amides is 1. The van der Waals surface area contributed by atoms with Gasteiger partial charge < -0.3 is 19.5 Å². The summed E-state index contributed by atoms with van der Waals surface area (Å²) in [5.74, 6) is 7.14. The van der Waals surface area contributed by atoms with Gasteiger partial charge in [0.2, 0.25) is 5.91 Å². The molecule has 7 heteroatoms. The number of rotatable bonds is 7. The standard InChI is InChI=1S/C27H31NO5S/c1-19(29)27(3)18-28(26(31)17-34-20(2)30)16-23(27)22-12-13-24(32-4)25(15-22)33-14-8-11-21-9-6-5-7-10-21/h5-7,9-10,12-13,15,19,23,29H,14,16-18H2,1-4H3.